The second-order valence-corrected chi connectivity index (χ2v) is 4.69. The molecule has 0 unspecified atom stereocenters. The third kappa shape index (κ3) is 2.84. The van der Waals surface area contributed by atoms with Crippen molar-refractivity contribution < 1.29 is 9.84 Å². The van der Waals surface area contributed by atoms with Crippen LogP contribution in [0.5, 0.6) is 11.5 Å². The molecule has 0 radical (unpaired) electrons. The minimum absolute atomic E-state index is 0.0477. The second-order valence-electron chi connectivity index (χ2n) is 4.26. The van der Waals surface area contributed by atoms with Crippen molar-refractivity contribution in [2.24, 2.45) is 0 Å². The molecule has 0 heterocycles. The maximum Gasteiger partial charge on any atom is 0.130 e. The Labute approximate surface area is 112 Å². The van der Waals surface area contributed by atoms with E-state index in [2.05, 4.69) is 0 Å². The molecule has 2 rings (SSSR count). The third-order valence-corrected chi connectivity index (χ3v) is 3.08. The van der Waals surface area contributed by atoms with Gasteiger partial charge in [-0.2, -0.15) is 0 Å². The van der Waals surface area contributed by atoms with Gasteiger partial charge in [0.2, 0.25) is 0 Å². The Kier molecular flexibility index (Phi) is 3.90. The molecular formula is C15H15ClO2. The van der Waals surface area contributed by atoms with E-state index >= 15 is 0 Å². The number of rotatable bonds is 3. The molecule has 1 N–H and O–H groups in total. The van der Waals surface area contributed by atoms with Crippen LogP contribution in [0.2, 0.25) is 5.02 Å². The van der Waals surface area contributed by atoms with E-state index in [0.717, 1.165) is 28.2 Å². The maximum atomic E-state index is 9.12. The largest absolute Gasteiger partial charge is 0.457 e. The van der Waals surface area contributed by atoms with Gasteiger partial charge < -0.3 is 9.84 Å². The molecule has 2 aromatic rings. The molecule has 0 atom stereocenters. The molecule has 0 aliphatic rings. The van der Waals surface area contributed by atoms with Crippen LogP contribution >= 0.6 is 11.6 Å². The van der Waals surface area contributed by atoms with E-state index in [-0.39, 0.29) is 6.61 Å². The third-order valence-electron chi connectivity index (χ3n) is 2.85. The Morgan fingerprint density at radius 3 is 2.44 bits per heavy atom. The van der Waals surface area contributed by atoms with Crippen molar-refractivity contribution in [3.63, 3.8) is 0 Å². The lowest BCUT2D eigenvalue weighted by molar-refractivity contribution is 0.281. The van der Waals surface area contributed by atoms with Crippen molar-refractivity contribution in [1.29, 1.82) is 0 Å². The van der Waals surface area contributed by atoms with Gasteiger partial charge in [-0.25, -0.2) is 0 Å². The summed E-state index contributed by atoms with van der Waals surface area (Å²) >= 11 is 5.90. The van der Waals surface area contributed by atoms with Gasteiger partial charge in [0.15, 0.2) is 0 Å². The Balaban J connectivity index is 2.26. The SMILES string of the molecule is Cc1cc(Oc2ccc(Cl)cc2C)ccc1CO. The van der Waals surface area contributed by atoms with Gasteiger partial charge >= 0.3 is 0 Å². The van der Waals surface area contributed by atoms with Crippen molar-refractivity contribution in [3.05, 3.63) is 58.1 Å². The van der Waals surface area contributed by atoms with Crippen LogP contribution in [0.15, 0.2) is 36.4 Å². The van der Waals surface area contributed by atoms with Gasteiger partial charge in [0.25, 0.3) is 0 Å². The zero-order valence-electron chi connectivity index (χ0n) is 10.4. The minimum atomic E-state index is 0.0477. The number of hydrogen-bond donors (Lipinski definition) is 1. The van der Waals surface area contributed by atoms with Gasteiger partial charge in [0.05, 0.1) is 6.61 Å². The van der Waals surface area contributed by atoms with Crippen LogP contribution in [0.1, 0.15) is 16.7 Å². The number of halogens is 1. The fraction of sp³-hybridized carbons (Fsp3) is 0.200. The Morgan fingerprint density at radius 2 is 1.83 bits per heavy atom. The molecule has 0 amide bonds. The number of benzene rings is 2. The van der Waals surface area contributed by atoms with Crippen molar-refractivity contribution in [3.8, 4) is 11.5 Å². The molecular weight excluding hydrogens is 248 g/mol. The molecule has 2 nitrogen and oxygen atoms in total. The first-order valence-electron chi connectivity index (χ1n) is 5.74. The molecule has 18 heavy (non-hydrogen) atoms. The van der Waals surface area contributed by atoms with Gasteiger partial charge in [-0.1, -0.05) is 17.7 Å². The topological polar surface area (TPSA) is 29.5 Å². The number of aryl methyl sites for hydroxylation is 2. The minimum Gasteiger partial charge on any atom is -0.457 e. The molecule has 0 bridgehead atoms. The summed E-state index contributed by atoms with van der Waals surface area (Å²) in [6.45, 7) is 3.95. The first-order chi connectivity index (χ1) is 8.60. The fourth-order valence-electron chi connectivity index (χ4n) is 1.76. The highest BCUT2D eigenvalue weighted by molar-refractivity contribution is 6.30. The van der Waals surface area contributed by atoms with Crippen LogP contribution in [0.25, 0.3) is 0 Å². The monoisotopic (exact) mass is 262 g/mol. The molecule has 94 valence electrons. The highest BCUT2D eigenvalue weighted by Gasteiger charge is 2.04. The maximum absolute atomic E-state index is 9.12. The molecule has 3 heteroatoms. The van der Waals surface area contributed by atoms with Gasteiger partial charge in [-0.3, -0.25) is 0 Å². The Bertz CT molecular complexity index is 564. The lowest BCUT2D eigenvalue weighted by atomic mass is 10.1. The van der Waals surface area contributed by atoms with E-state index < -0.39 is 0 Å². The molecule has 0 aliphatic heterocycles. The molecule has 0 saturated heterocycles. The molecule has 0 aromatic heterocycles. The van der Waals surface area contributed by atoms with Crippen molar-refractivity contribution in [2.45, 2.75) is 20.5 Å². The number of aliphatic hydroxyl groups is 1. The Morgan fingerprint density at radius 1 is 1.06 bits per heavy atom. The first-order valence-corrected chi connectivity index (χ1v) is 6.12. The predicted molar refractivity (Wildman–Crippen MR) is 73.4 cm³/mol. The predicted octanol–water partition coefficient (Wildman–Crippen LogP) is 4.24. The summed E-state index contributed by atoms with van der Waals surface area (Å²) in [5, 5.41) is 9.82. The van der Waals surface area contributed by atoms with Crippen LogP contribution in [-0.2, 0) is 6.61 Å². The number of hydrogen-bond acceptors (Lipinski definition) is 2. The van der Waals surface area contributed by atoms with E-state index in [9.17, 15) is 0 Å². The molecule has 0 saturated carbocycles. The quantitative estimate of drug-likeness (QED) is 0.896. The van der Waals surface area contributed by atoms with E-state index in [1.54, 1.807) is 6.07 Å². The van der Waals surface area contributed by atoms with E-state index in [4.69, 9.17) is 21.4 Å². The lowest BCUT2D eigenvalue weighted by Gasteiger charge is -2.11. The Hall–Kier alpha value is -1.51. The number of aliphatic hydroxyl groups excluding tert-OH is 1. The van der Waals surface area contributed by atoms with Crippen LogP contribution in [0.4, 0.5) is 0 Å². The molecule has 0 aliphatic carbocycles. The summed E-state index contributed by atoms with van der Waals surface area (Å²) in [5.41, 5.74) is 2.92. The van der Waals surface area contributed by atoms with Crippen molar-refractivity contribution >= 4 is 11.6 Å². The average Bonchev–Trinajstić information content (AvgIpc) is 2.33. The standard InChI is InChI=1S/C15H15ClO2/c1-10-8-14(5-3-12(10)9-17)18-15-6-4-13(16)7-11(15)2/h3-8,17H,9H2,1-2H3. The summed E-state index contributed by atoms with van der Waals surface area (Å²) in [4.78, 5) is 0. The van der Waals surface area contributed by atoms with Crippen molar-refractivity contribution in [2.75, 3.05) is 0 Å². The summed E-state index contributed by atoms with van der Waals surface area (Å²) in [5.74, 6) is 1.55. The van der Waals surface area contributed by atoms with E-state index in [1.807, 2.05) is 44.2 Å². The zero-order valence-corrected chi connectivity index (χ0v) is 11.2. The number of ether oxygens (including phenoxy) is 1. The highest BCUT2D eigenvalue weighted by atomic mass is 35.5. The van der Waals surface area contributed by atoms with Gasteiger partial charge in [0.1, 0.15) is 11.5 Å². The highest BCUT2D eigenvalue weighted by Crippen LogP contribution is 2.28. The molecule has 2 aromatic carbocycles. The fourth-order valence-corrected chi connectivity index (χ4v) is 1.99. The van der Waals surface area contributed by atoms with Crippen LogP contribution < -0.4 is 4.74 Å². The first kappa shape index (κ1) is 12.9. The lowest BCUT2D eigenvalue weighted by Crippen LogP contribution is -1.91. The molecule has 0 fully saturated rings. The summed E-state index contributed by atoms with van der Waals surface area (Å²) in [6.07, 6.45) is 0. The van der Waals surface area contributed by atoms with E-state index in [1.165, 1.54) is 0 Å². The van der Waals surface area contributed by atoms with Gasteiger partial charge in [0, 0.05) is 5.02 Å². The summed E-state index contributed by atoms with van der Waals surface area (Å²) in [7, 11) is 0. The zero-order chi connectivity index (χ0) is 13.1. The molecule has 0 spiro atoms. The van der Waals surface area contributed by atoms with Crippen molar-refractivity contribution in [1.82, 2.24) is 0 Å². The summed E-state index contributed by atoms with van der Waals surface area (Å²) < 4.78 is 5.80. The van der Waals surface area contributed by atoms with Crippen LogP contribution in [0, 0.1) is 13.8 Å². The second kappa shape index (κ2) is 5.42. The van der Waals surface area contributed by atoms with Gasteiger partial charge in [-0.15, -0.1) is 0 Å². The van der Waals surface area contributed by atoms with Crippen LogP contribution in [-0.4, -0.2) is 5.11 Å². The normalized spacial score (nSPS) is 10.4. The summed E-state index contributed by atoms with van der Waals surface area (Å²) in [6, 6.07) is 11.2. The van der Waals surface area contributed by atoms with Crippen LogP contribution in [0.3, 0.4) is 0 Å². The smallest absolute Gasteiger partial charge is 0.130 e. The average molecular weight is 263 g/mol. The van der Waals surface area contributed by atoms with E-state index in [0.29, 0.717) is 5.02 Å². The van der Waals surface area contributed by atoms with Gasteiger partial charge in [-0.05, 0) is 60.9 Å².